The summed E-state index contributed by atoms with van der Waals surface area (Å²) < 4.78 is 17.0. The molecule has 79 heavy (non-hydrogen) atoms. The molecule has 0 spiro atoms. The number of unbranched alkanes of at least 4 members (excludes halogenated alkanes) is 37. The molecule has 0 aromatic rings. The summed E-state index contributed by atoms with van der Waals surface area (Å²) in [6, 6.07) is 0. The van der Waals surface area contributed by atoms with Crippen LogP contribution in [-0.2, 0) is 28.6 Å². The molecule has 0 aromatic carbocycles. The van der Waals surface area contributed by atoms with Crippen LogP contribution in [0.3, 0.4) is 0 Å². The van der Waals surface area contributed by atoms with Crippen LogP contribution in [0.15, 0.2) is 85.1 Å². The van der Waals surface area contributed by atoms with Crippen LogP contribution in [0.4, 0.5) is 0 Å². The van der Waals surface area contributed by atoms with E-state index in [1.54, 1.807) is 0 Å². The van der Waals surface area contributed by atoms with Crippen molar-refractivity contribution in [2.24, 2.45) is 0 Å². The first kappa shape index (κ1) is 75.6. The zero-order chi connectivity index (χ0) is 57.1. The van der Waals surface area contributed by atoms with E-state index in [0.29, 0.717) is 19.3 Å². The Labute approximate surface area is 490 Å². The van der Waals surface area contributed by atoms with Crippen LogP contribution in [0, 0.1) is 0 Å². The number of esters is 3. The van der Waals surface area contributed by atoms with Crippen molar-refractivity contribution in [3.05, 3.63) is 85.1 Å². The first-order valence-electron chi connectivity index (χ1n) is 34.1. The summed E-state index contributed by atoms with van der Waals surface area (Å²) in [4.78, 5) is 38.4. The maximum absolute atomic E-state index is 12.9. The Hall–Kier alpha value is -3.41. The molecule has 0 saturated heterocycles. The Morgan fingerprint density at radius 3 is 0.772 bits per heavy atom. The average molecular weight is 1100 g/mol. The number of hydrogen-bond donors (Lipinski definition) is 0. The average Bonchev–Trinajstić information content (AvgIpc) is 3.45. The van der Waals surface area contributed by atoms with Crippen LogP contribution >= 0.6 is 0 Å². The minimum absolute atomic E-state index is 0.0746. The zero-order valence-electron chi connectivity index (χ0n) is 52.4. The number of ether oxygens (including phenoxy) is 3. The van der Waals surface area contributed by atoms with E-state index in [9.17, 15) is 14.4 Å². The van der Waals surface area contributed by atoms with Crippen molar-refractivity contribution in [2.45, 2.75) is 348 Å². The molecule has 0 aromatic heterocycles. The third-order valence-electron chi connectivity index (χ3n) is 14.9. The largest absolute Gasteiger partial charge is 0.462 e. The minimum Gasteiger partial charge on any atom is -0.462 e. The third-order valence-corrected chi connectivity index (χ3v) is 14.9. The number of allylic oxidation sites excluding steroid dienone is 14. The second kappa shape index (κ2) is 67.1. The molecule has 0 heterocycles. The van der Waals surface area contributed by atoms with Crippen LogP contribution in [0.5, 0.6) is 0 Å². The maximum Gasteiger partial charge on any atom is 0.306 e. The molecule has 0 N–H and O–H groups in total. The topological polar surface area (TPSA) is 78.9 Å². The highest BCUT2D eigenvalue weighted by atomic mass is 16.6. The Balaban J connectivity index is 4.30. The lowest BCUT2D eigenvalue weighted by atomic mass is 10.0. The second-order valence-corrected chi connectivity index (χ2v) is 22.7. The van der Waals surface area contributed by atoms with E-state index in [4.69, 9.17) is 14.2 Å². The molecule has 0 aliphatic carbocycles. The molecule has 1 unspecified atom stereocenters. The van der Waals surface area contributed by atoms with Crippen molar-refractivity contribution in [1.82, 2.24) is 0 Å². The second-order valence-electron chi connectivity index (χ2n) is 22.7. The SMILES string of the molecule is CC/C=C\C/C=C\C/C=C\C/C=C\C/C=C\C/C=C\C/C=C\CCCCCCCCCC(=O)OCC(COC(=O)CCCCCCCCCCCCCCC)OC(=O)CCCCCCCCCCCCCCCCCCCCC. The zero-order valence-corrected chi connectivity index (χ0v) is 52.4. The van der Waals surface area contributed by atoms with Crippen molar-refractivity contribution >= 4 is 17.9 Å². The van der Waals surface area contributed by atoms with Gasteiger partial charge >= 0.3 is 17.9 Å². The molecule has 0 saturated carbocycles. The number of rotatable bonds is 62. The molecule has 0 radical (unpaired) electrons. The monoisotopic (exact) mass is 1100 g/mol. The van der Waals surface area contributed by atoms with E-state index in [-0.39, 0.29) is 31.1 Å². The summed E-state index contributed by atoms with van der Waals surface area (Å²) in [6.45, 7) is 6.57. The smallest absolute Gasteiger partial charge is 0.306 e. The summed E-state index contributed by atoms with van der Waals surface area (Å²) in [5, 5.41) is 0. The van der Waals surface area contributed by atoms with Gasteiger partial charge in [0.15, 0.2) is 6.10 Å². The molecule has 0 aliphatic rings. The predicted octanol–water partition coefficient (Wildman–Crippen LogP) is 23.4. The van der Waals surface area contributed by atoms with Crippen molar-refractivity contribution in [3.63, 3.8) is 0 Å². The van der Waals surface area contributed by atoms with Gasteiger partial charge in [-0.25, -0.2) is 0 Å². The maximum atomic E-state index is 12.9. The molecule has 6 heteroatoms. The Kier molecular flexibility index (Phi) is 64.2. The van der Waals surface area contributed by atoms with Crippen LogP contribution in [0.1, 0.15) is 342 Å². The Morgan fingerprint density at radius 2 is 0.494 bits per heavy atom. The van der Waals surface area contributed by atoms with Gasteiger partial charge in [-0.1, -0.05) is 331 Å². The molecule has 0 aliphatic heterocycles. The van der Waals surface area contributed by atoms with Crippen molar-refractivity contribution in [3.8, 4) is 0 Å². The summed E-state index contributed by atoms with van der Waals surface area (Å²) in [5.41, 5.74) is 0. The molecular formula is C73H128O6. The number of hydrogen-bond acceptors (Lipinski definition) is 6. The third kappa shape index (κ3) is 65.3. The van der Waals surface area contributed by atoms with Crippen LogP contribution in [0.2, 0.25) is 0 Å². The number of carbonyl (C=O) groups excluding carboxylic acids is 3. The first-order valence-corrected chi connectivity index (χ1v) is 34.1. The van der Waals surface area contributed by atoms with Gasteiger partial charge in [-0.05, 0) is 77.0 Å². The fraction of sp³-hybridized carbons (Fsp3) is 0.767. The molecule has 1 atom stereocenters. The standard InChI is InChI=1S/C73H128O6/c1-4-7-10-13-16-19-22-25-27-29-31-32-33-34-35-36-37-38-39-40-42-43-45-48-51-54-57-60-63-66-72(75)78-69-70(68-77-71(74)65-62-59-56-53-50-47-24-21-18-15-12-9-6-3)79-73(76)67-64-61-58-55-52-49-46-44-41-30-28-26-23-20-17-14-11-8-5-2/h7,10,16,19,25,27,31-32,34-35,37-38,40,42,70H,4-6,8-9,11-15,17-18,20-24,26,28-30,33,36,39,41,43-69H2,1-3H3/b10-7-,19-16-,27-25-,32-31-,35-34-,38-37-,42-40-. The lowest BCUT2D eigenvalue weighted by Gasteiger charge is -2.18. The molecule has 456 valence electrons. The van der Waals surface area contributed by atoms with Crippen molar-refractivity contribution < 1.29 is 28.6 Å². The summed E-state index contributed by atoms with van der Waals surface area (Å²) in [6.07, 6.45) is 88.8. The molecular weight excluding hydrogens is 973 g/mol. The number of carbonyl (C=O) groups is 3. The van der Waals surface area contributed by atoms with Crippen molar-refractivity contribution in [2.75, 3.05) is 13.2 Å². The molecule has 0 amide bonds. The Morgan fingerprint density at radius 1 is 0.266 bits per heavy atom. The van der Waals surface area contributed by atoms with E-state index in [1.165, 1.54) is 193 Å². The highest BCUT2D eigenvalue weighted by Gasteiger charge is 2.19. The fourth-order valence-electron chi connectivity index (χ4n) is 9.84. The lowest BCUT2D eigenvalue weighted by molar-refractivity contribution is -0.167. The highest BCUT2D eigenvalue weighted by molar-refractivity contribution is 5.71. The van der Waals surface area contributed by atoms with Gasteiger partial charge in [0.2, 0.25) is 0 Å². The fourth-order valence-corrected chi connectivity index (χ4v) is 9.84. The van der Waals surface area contributed by atoms with E-state index < -0.39 is 6.10 Å². The highest BCUT2D eigenvalue weighted by Crippen LogP contribution is 2.17. The van der Waals surface area contributed by atoms with E-state index in [1.807, 2.05) is 0 Å². The van der Waals surface area contributed by atoms with E-state index in [2.05, 4.69) is 106 Å². The molecule has 0 bridgehead atoms. The van der Waals surface area contributed by atoms with Crippen molar-refractivity contribution in [1.29, 1.82) is 0 Å². The summed E-state index contributed by atoms with van der Waals surface area (Å²) in [5.74, 6) is -0.867. The van der Waals surface area contributed by atoms with Gasteiger partial charge in [-0.15, -0.1) is 0 Å². The van der Waals surface area contributed by atoms with Crippen LogP contribution < -0.4 is 0 Å². The first-order chi connectivity index (χ1) is 39.0. The summed E-state index contributed by atoms with van der Waals surface area (Å²) >= 11 is 0. The quantitative estimate of drug-likeness (QED) is 0.0261. The normalized spacial score (nSPS) is 12.6. The van der Waals surface area contributed by atoms with Gasteiger partial charge < -0.3 is 14.2 Å². The van der Waals surface area contributed by atoms with Gasteiger partial charge in [0.05, 0.1) is 0 Å². The Bertz CT molecular complexity index is 1500. The van der Waals surface area contributed by atoms with E-state index >= 15 is 0 Å². The van der Waals surface area contributed by atoms with Gasteiger partial charge in [-0.2, -0.15) is 0 Å². The van der Waals surface area contributed by atoms with E-state index in [0.717, 1.165) is 109 Å². The van der Waals surface area contributed by atoms with Gasteiger partial charge in [-0.3, -0.25) is 14.4 Å². The molecule has 0 fully saturated rings. The van der Waals surface area contributed by atoms with Crippen LogP contribution in [0.25, 0.3) is 0 Å². The van der Waals surface area contributed by atoms with Gasteiger partial charge in [0.1, 0.15) is 13.2 Å². The van der Waals surface area contributed by atoms with Crippen LogP contribution in [-0.4, -0.2) is 37.2 Å². The summed E-state index contributed by atoms with van der Waals surface area (Å²) in [7, 11) is 0. The molecule has 0 rings (SSSR count). The lowest BCUT2D eigenvalue weighted by Crippen LogP contribution is -2.30. The predicted molar refractivity (Wildman–Crippen MR) is 344 cm³/mol. The molecule has 6 nitrogen and oxygen atoms in total. The minimum atomic E-state index is -0.779. The van der Waals surface area contributed by atoms with Gasteiger partial charge in [0, 0.05) is 19.3 Å². The van der Waals surface area contributed by atoms with Gasteiger partial charge in [0.25, 0.3) is 0 Å².